The number of nitrogens with zero attached hydrogens (tertiary/aromatic N) is 2. The van der Waals surface area contributed by atoms with Gasteiger partial charge in [-0.25, -0.2) is 4.58 Å². The summed E-state index contributed by atoms with van der Waals surface area (Å²) in [5.74, 6) is 0.500. The number of carbonyl (C=O) groups excluding carboxylic acids is 1. The highest BCUT2D eigenvalue weighted by Crippen LogP contribution is 2.06. The van der Waals surface area contributed by atoms with Crippen LogP contribution in [0.25, 0.3) is 0 Å². The molecule has 0 aromatic heterocycles. The molecule has 0 fully saturated rings. The lowest BCUT2D eigenvalue weighted by molar-refractivity contribution is -0.445. The Balaban J connectivity index is 5.34. The number of Topliss-reactive ketones (excluding diaryl/α,β-unsaturated/α-hetero) is 1. The molecule has 0 aliphatic heterocycles. The van der Waals surface area contributed by atoms with Crippen LogP contribution in [0.4, 0.5) is 0 Å². The van der Waals surface area contributed by atoms with Crippen molar-refractivity contribution in [1.82, 2.24) is 0 Å². The molecule has 0 spiro atoms. The predicted molar refractivity (Wildman–Crippen MR) is 54.0 cm³/mol. The Bertz CT molecular complexity index is 296. The number of allylic oxidation sites excluding steroid dienone is 2. The molecule has 0 saturated heterocycles. The Morgan fingerprint density at radius 3 is 2.08 bits per heavy atom. The van der Waals surface area contributed by atoms with E-state index in [0.29, 0.717) is 17.2 Å². The van der Waals surface area contributed by atoms with Crippen molar-refractivity contribution in [2.75, 3.05) is 7.05 Å². The van der Waals surface area contributed by atoms with Crippen LogP contribution < -0.4 is 5.73 Å². The summed E-state index contributed by atoms with van der Waals surface area (Å²) >= 11 is 0. The van der Waals surface area contributed by atoms with Gasteiger partial charge >= 0.3 is 0 Å². The monoisotopic (exact) mass is 182 g/mol. The number of aliphatic imine (C=N–C) groups is 1. The van der Waals surface area contributed by atoms with Gasteiger partial charge in [0.15, 0.2) is 5.78 Å². The van der Waals surface area contributed by atoms with Gasteiger partial charge in [-0.15, -0.1) is 0 Å². The quantitative estimate of drug-likeness (QED) is 0.299. The summed E-state index contributed by atoms with van der Waals surface area (Å²) in [4.78, 5) is 14.7. The molecule has 0 rings (SSSR count). The van der Waals surface area contributed by atoms with Crippen LogP contribution in [0, 0.1) is 0 Å². The van der Waals surface area contributed by atoms with E-state index in [0.717, 1.165) is 0 Å². The SMILES string of the molecule is C=NC(C(C)=O)=C(C)[N+](C)=C(C)N. The fourth-order valence-electron chi connectivity index (χ4n) is 0.904. The van der Waals surface area contributed by atoms with Gasteiger partial charge in [0, 0.05) is 13.8 Å². The van der Waals surface area contributed by atoms with Crippen LogP contribution in [0.15, 0.2) is 16.4 Å². The molecule has 0 heterocycles. The standard InChI is InChI=1S/C9H15N3O/c1-6(12(5)8(3)10)9(11-4)7(2)13/h10H,4H2,1-3,5H3/p+1. The number of nitrogens with two attached hydrogens (primary N) is 1. The minimum absolute atomic E-state index is 0.111. The Kier molecular flexibility index (Phi) is 4.04. The molecule has 2 N–H and O–H groups in total. The maximum Gasteiger partial charge on any atom is 0.244 e. The van der Waals surface area contributed by atoms with Crippen molar-refractivity contribution in [2.24, 2.45) is 10.7 Å². The first kappa shape index (κ1) is 11.6. The Morgan fingerprint density at radius 2 is 1.85 bits per heavy atom. The molecule has 0 aliphatic carbocycles. The number of hydrogen-bond donors (Lipinski definition) is 1. The molecule has 0 aliphatic rings. The van der Waals surface area contributed by atoms with E-state index >= 15 is 0 Å². The summed E-state index contributed by atoms with van der Waals surface area (Å²) < 4.78 is 1.70. The average Bonchev–Trinajstić information content (AvgIpc) is 2.03. The number of carbonyl (C=O) groups is 1. The molecule has 4 nitrogen and oxygen atoms in total. The molecular formula is C9H16N3O+. The fraction of sp³-hybridized carbons (Fsp3) is 0.444. The summed E-state index contributed by atoms with van der Waals surface area (Å²) in [6.07, 6.45) is 0. The lowest BCUT2D eigenvalue weighted by Crippen LogP contribution is -2.22. The Hall–Kier alpha value is -1.45. The Labute approximate surface area is 78.5 Å². The highest BCUT2D eigenvalue weighted by atomic mass is 16.1. The van der Waals surface area contributed by atoms with Crippen LogP contribution in [0.1, 0.15) is 20.8 Å². The Morgan fingerprint density at radius 1 is 1.38 bits per heavy atom. The van der Waals surface area contributed by atoms with Crippen LogP contribution in [0.2, 0.25) is 0 Å². The van der Waals surface area contributed by atoms with Gasteiger partial charge in [-0.1, -0.05) is 0 Å². The van der Waals surface area contributed by atoms with Crippen molar-refractivity contribution in [2.45, 2.75) is 20.8 Å². The molecule has 0 unspecified atom stereocenters. The normalized spacial score (nSPS) is 14.5. The molecule has 72 valence electrons. The summed E-state index contributed by atoms with van der Waals surface area (Å²) in [7, 11) is 1.78. The van der Waals surface area contributed by atoms with Gasteiger partial charge in [-0.3, -0.25) is 15.5 Å². The number of rotatable bonds is 3. The molecular weight excluding hydrogens is 166 g/mol. The topological polar surface area (TPSA) is 58.5 Å². The van der Waals surface area contributed by atoms with E-state index in [1.165, 1.54) is 6.92 Å². The number of ketones is 1. The van der Waals surface area contributed by atoms with Crippen molar-refractivity contribution >= 4 is 18.3 Å². The van der Waals surface area contributed by atoms with Gasteiger partial charge in [-0.05, 0) is 13.6 Å². The minimum atomic E-state index is -0.111. The van der Waals surface area contributed by atoms with Gasteiger partial charge in [0.25, 0.3) is 0 Å². The fourth-order valence-corrected chi connectivity index (χ4v) is 0.904. The second-order valence-electron chi connectivity index (χ2n) is 2.85. The van der Waals surface area contributed by atoms with E-state index in [9.17, 15) is 4.79 Å². The zero-order valence-corrected chi connectivity index (χ0v) is 8.59. The summed E-state index contributed by atoms with van der Waals surface area (Å²) in [5, 5.41) is 0. The third kappa shape index (κ3) is 2.82. The van der Waals surface area contributed by atoms with Gasteiger partial charge in [0.2, 0.25) is 5.84 Å². The van der Waals surface area contributed by atoms with E-state index in [4.69, 9.17) is 5.73 Å². The molecule has 0 radical (unpaired) electrons. The van der Waals surface area contributed by atoms with Gasteiger partial charge in [0.05, 0.1) is 7.05 Å². The van der Waals surface area contributed by atoms with Gasteiger partial charge < -0.3 is 0 Å². The summed E-state index contributed by atoms with van der Waals surface area (Å²) in [6, 6.07) is 0. The molecule has 0 aromatic rings. The zero-order valence-electron chi connectivity index (χ0n) is 8.59. The molecule has 0 saturated carbocycles. The van der Waals surface area contributed by atoms with Crippen molar-refractivity contribution in [3.05, 3.63) is 11.4 Å². The molecule has 0 aromatic carbocycles. The zero-order chi connectivity index (χ0) is 10.6. The second kappa shape index (κ2) is 4.54. The van der Waals surface area contributed by atoms with Crippen molar-refractivity contribution in [3.8, 4) is 0 Å². The first-order chi connectivity index (χ1) is 5.91. The first-order valence-electron chi connectivity index (χ1n) is 3.93. The number of hydrogen-bond acceptors (Lipinski definition) is 2. The maximum atomic E-state index is 11.1. The van der Waals surface area contributed by atoms with E-state index in [1.807, 2.05) is 0 Å². The maximum absolute atomic E-state index is 11.1. The first-order valence-corrected chi connectivity index (χ1v) is 3.93. The third-order valence-electron chi connectivity index (χ3n) is 1.87. The van der Waals surface area contributed by atoms with Gasteiger partial charge in [-0.2, -0.15) is 0 Å². The van der Waals surface area contributed by atoms with Gasteiger partial charge in [0.1, 0.15) is 11.4 Å². The van der Waals surface area contributed by atoms with Crippen LogP contribution in [0.3, 0.4) is 0 Å². The minimum Gasteiger partial charge on any atom is -0.293 e. The highest BCUT2D eigenvalue weighted by molar-refractivity contribution is 5.94. The van der Waals surface area contributed by atoms with E-state index in [-0.39, 0.29) is 5.78 Å². The predicted octanol–water partition coefficient (Wildman–Crippen LogP) is 0.527. The number of amidine groups is 1. The molecule has 0 amide bonds. The van der Waals surface area contributed by atoms with E-state index in [1.54, 1.807) is 25.5 Å². The highest BCUT2D eigenvalue weighted by Gasteiger charge is 2.11. The van der Waals surface area contributed by atoms with E-state index in [2.05, 4.69) is 11.7 Å². The van der Waals surface area contributed by atoms with E-state index < -0.39 is 0 Å². The third-order valence-corrected chi connectivity index (χ3v) is 1.87. The summed E-state index contributed by atoms with van der Waals surface area (Å²) in [6.45, 7) is 8.33. The lowest BCUT2D eigenvalue weighted by Gasteiger charge is -2.04. The van der Waals surface area contributed by atoms with Crippen LogP contribution in [-0.4, -0.2) is 30.0 Å². The van der Waals surface area contributed by atoms with Crippen molar-refractivity contribution < 1.29 is 9.37 Å². The van der Waals surface area contributed by atoms with Crippen molar-refractivity contribution in [1.29, 1.82) is 0 Å². The second-order valence-corrected chi connectivity index (χ2v) is 2.85. The van der Waals surface area contributed by atoms with Crippen molar-refractivity contribution in [3.63, 3.8) is 0 Å². The van der Waals surface area contributed by atoms with Crippen LogP contribution in [0.5, 0.6) is 0 Å². The molecule has 0 atom stereocenters. The average molecular weight is 182 g/mol. The van der Waals surface area contributed by atoms with Crippen LogP contribution in [-0.2, 0) is 4.79 Å². The largest absolute Gasteiger partial charge is 0.293 e. The lowest BCUT2D eigenvalue weighted by atomic mass is 10.2. The molecule has 13 heavy (non-hydrogen) atoms. The molecule has 0 bridgehead atoms. The van der Waals surface area contributed by atoms with Crippen LogP contribution >= 0.6 is 0 Å². The summed E-state index contributed by atoms with van der Waals surface area (Å²) in [5.41, 5.74) is 6.63. The molecule has 4 heteroatoms. The smallest absolute Gasteiger partial charge is 0.244 e.